The number of hydrogen-bond acceptors (Lipinski definition) is 4. The number of benzene rings is 2. The molecule has 2 aromatic carbocycles. The number of phenolic OH excluding ortho intramolecular Hbond substituents is 1. The molecule has 0 radical (unpaired) electrons. The Kier molecular flexibility index (Phi) is 4.11. The Morgan fingerprint density at radius 2 is 1.55 bits per heavy atom. The van der Waals surface area contributed by atoms with E-state index in [1.54, 1.807) is 12.1 Å². The fraction of sp³-hybridized carbons (Fsp3) is 0.200. The summed E-state index contributed by atoms with van der Waals surface area (Å²) >= 11 is 0. The number of aliphatic hydroxyl groups is 1. The summed E-state index contributed by atoms with van der Waals surface area (Å²) in [5, 5.41) is 17.7. The third-order valence-corrected chi connectivity index (χ3v) is 5.25. The molecular formula is C15H16O4S. The van der Waals surface area contributed by atoms with Gasteiger partial charge in [0.05, 0.1) is 11.5 Å². The van der Waals surface area contributed by atoms with Gasteiger partial charge in [0.15, 0.2) is 9.84 Å². The highest BCUT2D eigenvalue weighted by Gasteiger charge is 2.28. The maximum atomic E-state index is 12.5. The summed E-state index contributed by atoms with van der Waals surface area (Å²) in [5.74, 6) is -0.000153. The molecule has 0 amide bonds. The third kappa shape index (κ3) is 2.84. The SMILES string of the molecule is Cc1ccc(C(CO)S(=O)(=O)c2ccc(O)cc2)cc1. The van der Waals surface area contributed by atoms with E-state index in [-0.39, 0.29) is 10.6 Å². The topological polar surface area (TPSA) is 74.6 Å². The predicted octanol–water partition coefficient (Wildman–Crippen LogP) is 2.21. The molecule has 106 valence electrons. The molecule has 0 bridgehead atoms. The lowest BCUT2D eigenvalue weighted by atomic mass is 10.1. The van der Waals surface area contributed by atoms with Gasteiger partial charge in [-0.05, 0) is 36.8 Å². The lowest BCUT2D eigenvalue weighted by Crippen LogP contribution is -2.17. The minimum atomic E-state index is -3.69. The van der Waals surface area contributed by atoms with E-state index in [2.05, 4.69) is 0 Å². The first-order valence-corrected chi connectivity index (χ1v) is 7.70. The van der Waals surface area contributed by atoms with Gasteiger partial charge in [0, 0.05) is 0 Å². The Morgan fingerprint density at radius 1 is 1.00 bits per heavy atom. The van der Waals surface area contributed by atoms with E-state index in [0.717, 1.165) is 5.56 Å². The van der Waals surface area contributed by atoms with Gasteiger partial charge in [0.1, 0.15) is 11.0 Å². The van der Waals surface area contributed by atoms with Gasteiger partial charge in [-0.25, -0.2) is 8.42 Å². The fourth-order valence-corrected chi connectivity index (χ4v) is 3.52. The van der Waals surface area contributed by atoms with E-state index in [1.165, 1.54) is 24.3 Å². The summed E-state index contributed by atoms with van der Waals surface area (Å²) in [6.07, 6.45) is 0. The Bertz CT molecular complexity index is 673. The smallest absolute Gasteiger partial charge is 0.187 e. The Labute approximate surface area is 118 Å². The van der Waals surface area contributed by atoms with Gasteiger partial charge in [0.2, 0.25) is 0 Å². The molecule has 0 fully saturated rings. The number of rotatable bonds is 4. The number of aryl methyl sites for hydroxylation is 1. The van der Waals surface area contributed by atoms with Gasteiger partial charge >= 0.3 is 0 Å². The third-order valence-electron chi connectivity index (χ3n) is 3.15. The standard InChI is InChI=1S/C15H16O4S/c1-11-2-4-12(5-3-11)15(10-16)20(18,19)14-8-6-13(17)7-9-14/h2-9,15-17H,10H2,1H3. The summed E-state index contributed by atoms with van der Waals surface area (Å²) in [4.78, 5) is 0.0786. The average Bonchev–Trinajstić information content (AvgIpc) is 2.42. The van der Waals surface area contributed by atoms with Crippen LogP contribution < -0.4 is 0 Å². The van der Waals surface area contributed by atoms with Crippen LogP contribution in [0.25, 0.3) is 0 Å². The number of sulfone groups is 1. The second-order valence-electron chi connectivity index (χ2n) is 4.62. The number of aliphatic hydroxyl groups excluding tert-OH is 1. The van der Waals surface area contributed by atoms with E-state index in [0.29, 0.717) is 5.56 Å². The first-order valence-electron chi connectivity index (χ1n) is 6.15. The van der Waals surface area contributed by atoms with Crippen LogP contribution in [0.1, 0.15) is 16.4 Å². The summed E-state index contributed by atoms with van der Waals surface area (Å²) in [5.41, 5.74) is 1.57. The van der Waals surface area contributed by atoms with Crippen LogP contribution in [-0.2, 0) is 9.84 Å². The molecule has 1 unspecified atom stereocenters. The molecule has 5 heteroatoms. The molecular weight excluding hydrogens is 276 g/mol. The van der Waals surface area contributed by atoms with E-state index in [9.17, 15) is 18.6 Å². The second-order valence-corrected chi connectivity index (χ2v) is 6.75. The fourth-order valence-electron chi connectivity index (χ4n) is 1.96. The Hall–Kier alpha value is -1.85. The number of aromatic hydroxyl groups is 1. The largest absolute Gasteiger partial charge is 0.508 e. The van der Waals surface area contributed by atoms with Gasteiger partial charge in [-0.2, -0.15) is 0 Å². The molecule has 0 spiro atoms. The zero-order valence-corrected chi connectivity index (χ0v) is 11.8. The molecule has 0 aliphatic heterocycles. The molecule has 0 saturated carbocycles. The maximum absolute atomic E-state index is 12.5. The van der Waals surface area contributed by atoms with Crippen LogP contribution in [0.2, 0.25) is 0 Å². The predicted molar refractivity (Wildman–Crippen MR) is 76.3 cm³/mol. The normalized spacial score (nSPS) is 13.1. The molecule has 2 N–H and O–H groups in total. The highest BCUT2D eigenvalue weighted by molar-refractivity contribution is 7.91. The van der Waals surface area contributed by atoms with Gasteiger partial charge < -0.3 is 10.2 Å². The Morgan fingerprint density at radius 3 is 2.05 bits per heavy atom. The molecule has 1 atom stereocenters. The number of phenols is 1. The summed E-state index contributed by atoms with van der Waals surface area (Å²) in [6, 6.07) is 12.3. The van der Waals surface area contributed by atoms with Crippen LogP contribution >= 0.6 is 0 Å². The van der Waals surface area contributed by atoms with Crippen LogP contribution in [0, 0.1) is 6.92 Å². The van der Waals surface area contributed by atoms with Crippen molar-refractivity contribution < 1.29 is 18.6 Å². The zero-order valence-electron chi connectivity index (χ0n) is 11.0. The van der Waals surface area contributed by atoms with E-state index in [1.807, 2.05) is 19.1 Å². The van der Waals surface area contributed by atoms with Crippen LogP contribution in [0.3, 0.4) is 0 Å². The van der Waals surface area contributed by atoms with Crippen LogP contribution in [0.4, 0.5) is 0 Å². The Balaban J connectivity index is 2.44. The van der Waals surface area contributed by atoms with E-state index >= 15 is 0 Å². The van der Waals surface area contributed by atoms with Crippen molar-refractivity contribution in [1.29, 1.82) is 0 Å². The van der Waals surface area contributed by atoms with Crippen LogP contribution in [-0.4, -0.2) is 25.2 Å². The second kappa shape index (κ2) is 5.64. The van der Waals surface area contributed by atoms with Crippen molar-refractivity contribution in [3.63, 3.8) is 0 Å². The van der Waals surface area contributed by atoms with Crippen molar-refractivity contribution in [3.8, 4) is 5.75 Å². The van der Waals surface area contributed by atoms with Crippen molar-refractivity contribution in [2.24, 2.45) is 0 Å². The lowest BCUT2D eigenvalue weighted by Gasteiger charge is -2.16. The molecule has 0 aromatic heterocycles. The average molecular weight is 292 g/mol. The van der Waals surface area contributed by atoms with Gasteiger partial charge in [-0.15, -0.1) is 0 Å². The van der Waals surface area contributed by atoms with Gasteiger partial charge in [0.25, 0.3) is 0 Å². The first kappa shape index (κ1) is 14.6. The number of hydrogen-bond donors (Lipinski definition) is 2. The van der Waals surface area contributed by atoms with E-state index in [4.69, 9.17) is 0 Å². The van der Waals surface area contributed by atoms with E-state index < -0.39 is 21.7 Å². The zero-order chi connectivity index (χ0) is 14.8. The van der Waals surface area contributed by atoms with Crippen LogP contribution in [0.5, 0.6) is 5.75 Å². The molecule has 2 rings (SSSR count). The summed E-state index contributed by atoms with van der Waals surface area (Å²) in [6.45, 7) is 1.42. The summed E-state index contributed by atoms with van der Waals surface area (Å²) in [7, 11) is -3.69. The summed E-state index contributed by atoms with van der Waals surface area (Å²) < 4.78 is 25.0. The van der Waals surface area contributed by atoms with Crippen molar-refractivity contribution in [3.05, 3.63) is 59.7 Å². The highest BCUT2D eigenvalue weighted by atomic mass is 32.2. The minimum Gasteiger partial charge on any atom is -0.508 e. The van der Waals surface area contributed by atoms with Crippen molar-refractivity contribution in [2.45, 2.75) is 17.1 Å². The van der Waals surface area contributed by atoms with Gasteiger partial charge in [-0.1, -0.05) is 29.8 Å². The van der Waals surface area contributed by atoms with Crippen molar-refractivity contribution in [2.75, 3.05) is 6.61 Å². The van der Waals surface area contributed by atoms with Gasteiger partial charge in [-0.3, -0.25) is 0 Å². The molecule has 20 heavy (non-hydrogen) atoms. The monoisotopic (exact) mass is 292 g/mol. The molecule has 2 aromatic rings. The molecule has 4 nitrogen and oxygen atoms in total. The minimum absolute atomic E-state index is 0.000153. The highest BCUT2D eigenvalue weighted by Crippen LogP contribution is 2.29. The van der Waals surface area contributed by atoms with Crippen molar-refractivity contribution >= 4 is 9.84 Å². The quantitative estimate of drug-likeness (QED) is 0.906. The molecule has 0 aliphatic carbocycles. The van der Waals surface area contributed by atoms with Crippen molar-refractivity contribution in [1.82, 2.24) is 0 Å². The maximum Gasteiger partial charge on any atom is 0.187 e. The first-order chi connectivity index (χ1) is 9.45. The molecule has 0 aliphatic rings. The molecule has 0 saturated heterocycles. The molecule has 0 heterocycles. The lowest BCUT2D eigenvalue weighted by molar-refractivity contribution is 0.291. The van der Waals surface area contributed by atoms with Crippen LogP contribution in [0.15, 0.2) is 53.4 Å².